The van der Waals surface area contributed by atoms with Gasteiger partial charge in [-0.1, -0.05) is 0 Å². The highest BCUT2D eigenvalue weighted by molar-refractivity contribution is 5.93. The smallest absolute Gasteiger partial charge is 0.271 e. The molecule has 116 valence electrons. The van der Waals surface area contributed by atoms with E-state index < -0.39 is 0 Å². The van der Waals surface area contributed by atoms with Gasteiger partial charge in [-0.15, -0.1) is 0 Å². The molecule has 22 heavy (non-hydrogen) atoms. The number of nitrogens with zero attached hydrogens (tertiary/aromatic N) is 2. The van der Waals surface area contributed by atoms with Crippen molar-refractivity contribution in [1.82, 2.24) is 15.1 Å². The third kappa shape index (κ3) is 2.82. The number of nitrogens with two attached hydrogens (primary N) is 1. The maximum Gasteiger partial charge on any atom is 0.271 e. The Balaban J connectivity index is 1.74. The van der Waals surface area contributed by atoms with Gasteiger partial charge in [0.25, 0.3) is 5.91 Å². The first-order valence-corrected chi connectivity index (χ1v) is 7.40. The zero-order chi connectivity index (χ0) is 15.5. The Kier molecular flexibility index (Phi) is 4.11. The molecule has 1 aromatic heterocycles. The van der Waals surface area contributed by atoms with Crippen LogP contribution in [-0.4, -0.2) is 47.7 Å². The molecule has 2 aromatic rings. The van der Waals surface area contributed by atoms with Crippen LogP contribution in [0.3, 0.4) is 0 Å². The standard InChI is InChI=1S/C16H20N4O2/c1-22-13-4-2-12(3-5-13)14-8-15(19-18-14)16(21)20-7-6-11(9-17)10-20/h2-5,8,11H,6-7,9-10,17H2,1H3,(H,18,19)/t11-/m1/s1. The lowest BCUT2D eigenvalue weighted by Crippen LogP contribution is -2.30. The highest BCUT2D eigenvalue weighted by Gasteiger charge is 2.27. The van der Waals surface area contributed by atoms with E-state index >= 15 is 0 Å². The topological polar surface area (TPSA) is 84.2 Å². The van der Waals surface area contributed by atoms with E-state index in [2.05, 4.69) is 10.2 Å². The summed E-state index contributed by atoms with van der Waals surface area (Å²) in [4.78, 5) is 14.3. The van der Waals surface area contributed by atoms with Crippen molar-refractivity contribution in [3.8, 4) is 17.0 Å². The van der Waals surface area contributed by atoms with Crippen LogP contribution < -0.4 is 10.5 Å². The first-order valence-electron chi connectivity index (χ1n) is 7.40. The van der Waals surface area contributed by atoms with Crippen LogP contribution in [0.4, 0.5) is 0 Å². The Hall–Kier alpha value is -2.34. The number of aromatic amines is 1. The third-order valence-corrected chi connectivity index (χ3v) is 4.10. The van der Waals surface area contributed by atoms with Crippen LogP contribution in [0.25, 0.3) is 11.3 Å². The second-order valence-electron chi connectivity index (χ2n) is 5.54. The Morgan fingerprint density at radius 2 is 2.23 bits per heavy atom. The number of benzene rings is 1. The minimum atomic E-state index is -0.0109. The van der Waals surface area contributed by atoms with Gasteiger partial charge in [-0.05, 0) is 49.2 Å². The van der Waals surface area contributed by atoms with Crippen molar-refractivity contribution in [1.29, 1.82) is 0 Å². The normalized spacial score (nSPS) is 17.7. The van der Waals surface area contributed by atoms with Gasteiger partial charge in [0.15, 0.2) is 0 Å². The molecule has 1 fully saturated rings. The largest absolute Gasteiger partial charge is 0.497 e. The SMILES string of the molecule is COc1ccc(-c2cc(C(=O)N3CC[C@H](CN)C3)[nH]n2)cc1. The highest BCUT2D eigenvalue weighted by atomic mass is 16.5. The number of carbonyl (C=O) groups excluding carboxylic acids is 1. The minimum Gasteiger partial charge on any atom is -0.497 e. The van der Waals surface area contributed by atoms with Crippen LogP contribution in [0.5, 0.6) is 5.75 Å². The van der Waals surface area contributed by atoms with Crippen LogP contribution in [0, 0.1) is 5.92 Å². The fourth-order valence-corrected chi connectivity index (χ4v) is 2.72. The fourth-order valence-electron chi connectivity index (χ4n) is 2.72. The number of aromatic nitrogens is 2. The minimum absolute atomic E-state index is 0.0109. The number of amides is 1. The second-order valence-corrected chi connectivity index (χ2v) is 5.54. The predicted octanol–water partition coefficient (Wildman–Crippen LogP) is 1.51. The predicted molar refractivity (Wildman–Crippen MR) is 83.6 cm³/mol. The van der Waals surface area contributed by atoms with E-state index in [4.69, 9.17) is 10.5 Å². The Morgan fingerprint density at radius 1 is 1.45 bits per heavy atom. The number of carbonyl (C=O) groups is 1. The van der Waals surface area contributed by atoms with Crippen LogP contribution >= 0.6 is 0 Å². The molecule has 6 heteroatoms. The molecule has 0 spiro atoms. The van der Waals surface area contributed by atoms with Crippen molar-refractivity contribution in [2.45, 2.75) is 6.42 Å². The molecule has 2 heterocycles. The van der Waals surface area contributed by atoms with Gasteiger partial charge in [0.05, 0.1) is 12.8 Å². The maximum atomic E-state index is 12.4. The molecule has 6 nitrogen and oxygen atoms in total. The summed E-state index contributed by atoms with van der Waals surface area (Å²) >= 11 is 0. The van der Waals surface area contributed by atoms with E-state index in [1.54, 1.807) is 13.2 Å². The van der Waals surface area contributed by atoms with Gasteiger partial charge in [0, 0.05) is 18.7 Å². The lowest BCUT2D eigenvalue weighted by atomic mass is 10.1. The number of H-pyrrole nitrogens is 1. The number of ether oxygens (including phenoxy) is 1. The van der Waals surface area contributed by atoms with Crippen molar-refractivity contribution in [2.24, 2.45) is 11.7 Å². The van der Waals surface area contributed by atoms with E-state index in [1.165, 1.54) is 0 Å². The van der Waals surface area contributed by atoms with E-state index in [0.717, 1.165) is 36.5 Å². The van der Waals surface area contributed by atoms with Crippen molar-refractivity contribution in [3.05, 3.63) is 36.0 Å². The molecular weight excluding hydrogens is 280 g/mol. The molecule has 1 saturated heterocycles. The van der Waals surface area contributed by atoms with Gasteiger partial charge in [-0.2, -0.15) is 5.10 Å². The summed E-state index contributed by atoms with van der Waals surface area (Å²) in [6, 6.07) is 9.38. The summed E-state index contributed by atoms with van der Waals surface area (Å²) in [6.45, 7) is 2.12. The number of nitrogens with one attached hydrogen (secondary N) is 1. The third-order valence-electron chi connectivity index (χ3n) is 4.10. The van der Waals surface area contributed by atoms with Crippen LogP contribution in [0.1, 0.15) is 16.9 Å². The summed E-state index contributed by atoms with van der Waals surface area (Å²) in [7, 11) is 1.63. The quantitative estimate of drug-likeness (QED) is 0.896. The van der Waals surface area contributed by atoms with Gasteiger partial charge in [0.1, 0.15) is 11.4 Å². The number of methoxy groups -OCH3 is 1. The summed E-state index contributed by atoms with van der Waals surface area (Å²) in [6.07, 6.45) is 0.974. The second kappa shape index (κ2) is 6.19. The average Bonchev–Trinajstić information content (AvgIpc) is 3.23. The van der Waals surface area contributed by atoms with Gasteiger partial charge < -0.3 is 15.4 Å². The molecule has 1 amide bonds. The monoisotopic (exact) mass is 300 g/mol. The molecule has 1 aliphatic heterocycles. The Labute approximate surface area is 129 Å². The van der Waals surface area contributed by atoms with Crippen LogP contribution in [0.15, 0.2) is 30.3 Å². The molecule has 1 aliphatic rings. The van der Waals surface area contributed by atoms with Crippen molar-refractivity contribution >= 4 is 5.91 Å². The van der Waals surface area contributed by atoms with Gasteiger partial charge in [0.2, 0.25) is 0 Å². The number of hydrogen-bond donors (Lipinski definition) is 2. The maximum absolute atomic E-state index is 12.4. The summed E-state index contributed by atoms with van der Waals surface area (Å²) in [5.74, 6) is 1.19. The first kappa shape index (κ1) is 14.6. The Morgan fingerprint density at radius 3 is 2.86 bits per heavy atom. The molecule has 0 aliphatic carbocycles. The molecule has 0 unspecified atom stereocenters. The molecule has 3 rings (SSSR count). The van der Waals surface area contributed by atoms with Crippen molar-refractivity contribution < 1.29 is 9.53 Å². The van der Waals surface area contributed by atoms with Crippen molar-refractivity contribution in [2.75, 3.05) is 26.7 Å². The molecule has 0 radical (unpaired) electrons. The van der Waals surface area contributed by atoms with E-state index in [1.807, 2.05) is 29.2 Å². The fraction of sp³-hybridized carbons (Fsp3) is 0.375. The summed E-state index contributed by atoms with van der Waals surface area (Å²) < 4.78 is 5.14. The van der Waals surface area contributed by atoms with Gasteiger partial charge >= 0.3 is 0 Å². The van der Waals surface area contributed by atoms with Gasteiger partial charge in [-0.3, -0.25) is 9.89 Å². The van der Waals surface area contributed by atoms with E-state index in [9.17, 15) is 4.79 Å². The van der Waals surface area contributed by atoms with Crippen LogP contribution in [-0.2, 0) is 0 Å². The lowest BCUT2D eigenvalue weighted by molar-refractivity contribution is 0.0782. The van der Waals surface area contributed by atoms with E-state index in [-0.39, 0.29) is 5.91 Å². The number of hydrogen-bond acceptors (Lipinski definition) is 4. The van der Waals surface area contributed by atoms with Gasteiger partial charge in [-0.25, -0.2) is 0 Å². The van der Waals surface area contributed by atoms with E-state index in [0.29, 0.717) is 18.2 Å². The highest BCUT2D eigenvalue weighted by Crippen LogP contribution is 2.23. The zero-order valence-corrected chi connectivity index (χ0v) is 12.6. The first-order chi connectivity index (χ1) is 10.7. The molecule has 1 atom stereocenters. The molecule has 3 N–H and O–H groups in total. The summed E-state index contributed by atoms with van der Waals surface area (Å²) in [5.41, 5.74) is 7.88. The molecule has 0 saturated carbocycles. The molecule has 1 aromatic carbocycles. The number of likely N-dealkylation sites (tertiary alicyclic amines) is 1. The molecule has 0 bridgehead atoms. The summed E-state index contributed by atoms with van der Waals surface area (Å²) in [5, 5.41) is 7.07. The number of rotatable bonds is 4. The molecular formula is C16H20N4O2. The average molecular weight is 300 g/mol. The lowest BCUT2D eigenvalue weighted by Gasteiger charge is -2.14. The zero-order valence-electron chi connectivity index (χ0n) is 12.6. The van der Waals surface area contributed by atoms with Crippen molar-refractivity contribution in [3.63, 3.8) is 0 Å². The van der Waals surface area contributed by atoms with Crippen LogP contribution in [0.2, 0.25) is 0 Å². The Bertz CT molecular complexity index is 650.